The summed E-state index contributed by atoms with van der Waals surface area (Å²) in [6, 6.07) is 16.9. The van der Waals surface area contributed by atoms with E-state index in [9.17, 15) is 0 Å². The third-order valence-electron chi connectivity index (χ3n) is 1.65. The number of hydrogen-bond acceptors (Lipinski definition) is 1. The summed E-state index contributed by atoms with van der Waals surface area (Å²) in [5.41, 5.74) is 2.01. The van der Waals surface area contributed by atoms with Crippen LogP contribution in [0.3, 0.4) is 0 Å². The Balaban J connectivity index is 0.000000845. The Morgan fingerprint density at radius 3 is 2.38 bits per heavy atom. The number of pyridine rings is 1. The van der Waals surface area contributed by atoms with Gasteiger partial charge in [0.05, 0.1) is 0 Å². The molecule has 0 aliphatic carbocycles. The summed E-state index contributed by atoms with van der Waals surface area (Å²) in [5.74, 6) is 0. The first-order chi connectivity index (χ1) is 5.97. The van der Waals surface area contributed by atoms with E-state index in [0.29, 0.717) is 0 Å². The molecule has 0 amide bonds. The predicted octanol–water partition coefficient (Wildman–Crippen LogP) is 2.55. The Morgan fingerprint density at radius 2 is 1.77 bits per heavy atom. The zero-order valence-electron chi connectivity index (χ0n) is 6.88. The zero-order chi connectivity index (χ0) is 8.23. The molecular weight excluding hydrogens is 253 g/mol. The molecule has 68 valence electrons. The molecule has 0 aliphatic heterocycles. The molecule has 1 heterocycles. The van der Waals surface area contributed by atoms with E-state index in [1.54, 1.807) is 6.20 Å². The number of nitrogens with zero attached hydrogens (tertiary/aromatic N) is 1. The molecule has 1 aromatic carbocycles. The van der Waals surface area contributed by atoms with E-state index >= 15 is 0 Å². The standard InChI is InChI=1S/C11H8N.Pd/c1-2-6-10(7-3-1)11-8-4-5-9-12-11;/h1-7,9H;/q-1;. The summed E-state index contributed by atoms with van der Waals surface area (Å²) in [6.45, 7) is 0. The van der Waals surface area contributed by atoms with Gasteiger partial charge in [0.1, 0.15) is 0 Å². The van der Waals surface area contributed by atoms with Crippen molar-refractivity contribution in [2.45, 2.75) is 0 Å². The summed E-state index contributed by atoms with van der Waals surface area (Å²) in [5, 5.41) is 0. The van der Waals surface area contributed by atoms with E-state index in [1.807, 2.05) is 42.5 Å². The van der Waals surface area contributed by atoms with Crippen LogP contribution in [0.2, 0.25) is 0 Å². The van der Waals surface area contributed by atoms with Crippen molar-refractivity contribution in [1.82, 2.24) is 4.98 Å². The fraction of sp³-hybridized carbons (Fsp3) is 0. The average Bonchev–Trinajstić information content (AvgIpc) is 2.21. The van der Waals surface area contributed by atoms with E-state index in [-0.39, 0.29) is 20.4 Å². The number of benzene rings is 1. The van der Waals surface area contributed by atoms with Crippen LogP contribution < -0.4 is 0 Å². The molecule has 2 aromatic rings. The number of aromatic nitrogens is 1. The Kier molecular flexibility index (Phi) is 3.82. The van der Waals surface area contributed by atoms with Gasteiger partial charge in [-0.2, -0.15) is 12.1 Å². The minimum atomic E-state index is 0. The van der Waals surface area contributed by atoms with E-state index < -0.39 is 0 Å². The van der Waals surface area contributed by atoms with Crippen molar-refractivity contribution in [3.8, 4) is 11.3 Å². The van der Waals surface area contributed by atoms with Crippen LogP contribution in [0, 0.1) is 6.07 Å². The maximum Gasteiger partial charge on any atom is 0 e. The Hall–Kier alpha value is -0.968. The van der Waals surface area contributed by atoms with Gasteiger partial charge in [-0.05, 0) is 11.9 Å². The van der Waals surface area contributed by atoms with Gasteiger partial charge in [0, 0.05) is 20.4 Å². The van der Waals surface area contributed by atoms with Crippen molar-refractivity contribution >= 4 is 0 Å². The topological polar surface area (TPSA) is 12.9 Å². The second-order valence-corrected chi connectivity index (χ2v) is 2.50. The minimum Gasteiger partial charge on any atom is -0.296 e. The first kappa shape index (κ1) is 10.1. The molecule has 2 rings (SSSR count). The summed E-state index contributed by atoms with van der Waals surface area (Å²) >= 11 is 0. The summed E-state index contributed by atoms with van der Waals surface area (Å²) in [6.07, 6.45) is 1.78. The van der Waals surface area contributed by atoms with Crippen molar-refractivity contribution in [2.24, 2.45) is 0 Å². The van der Waals surface area contributed by atoms with Gasteiger partial charge < -0.3 is 0 Å². The quantitative estimate of drug-likeness (QED) is 0.567. The van der Waals surface area contributed by atoms with Crippen LogP contribution in [0.4, 0.5) is 0 Å². The maximum absolute atomic E-state index is 4.19. The summed E-state index contributed by atoms with van der Waals surface area (Å²) in [7, 11) is 0. The van der Waals surface area contributed by atoms with Crippen LogP contribution in [0.1, 0.15) is 0 Å². The van der Waals surface area contributed by atoms with Gasteiger partial charge in [-0.1, -0.05) is 23.8 Å². The molecule has 0 bridgehead atoms. The van der Waals surface area contributed by atoms with Gasteiger partial charge in [0.25, 0.3) is 0 Å². The van der Waals surface area contributed by atoms with E-state index in [4.69, 9.17) is 0 Å². The van der Waals surface area contributed by atoms with Crippen molar-refractivity contribution < 1.29 is 20.4 Å². The molecule has 1 aromatic heterocycles. The molecule has 0 radical (unpaired) electrons. The largest absolute Gasteiger partial charge is 0.296 e. The van der Waals surface area contributed by atoms with Crippen LogP contribution in [0.25, 0.3) is 11.3 Å². The van der Waals surface area contributed by atoms with Crippen molar-refractivity contribution in [3.63, 3.8) is 0 Å². The molecule has 0 spiro atoms. The molecular formula is C11H8NPd-. The average molecular weight is 261 g/mol. The Bertz CT molecular complexity index is 307. The van der Waals surface area contributed by atoms with Crippen LogP contribution >= 0.6 is 0 Å². The summed E-state index contributed by atoms with van der Waals surface area (Å²) in [4.78, 5) is 4.19. The molecule has 0 unspecified atom stereocenters. The van der Waals surface area contributed by atoms with Crippen molar-refractivity contribution in [1.29, 1.82) is 0 Å². The third-order valence-corrected chi connectivity index (χ3v) is 1.65. The predicted molar refractivity (Wildman–Crippen MR) is 48.5 cm³/mol. The van der Waals surface area contributed by atoms with Gasteiger partial charge in [-0.15, -0.1) is 18.2 Å². The van der Waals surface area contributed by atoms with E-state index in [0.717, 1.165) is 11.3 Å². The normalized spacial score (nSPS) is 8.92. The van der Waals surface area contributed by atoms with Gasteiger partial charge in [-0.25, -0.2) is 0 Å². The second-order valence-electron chi connectivity index (χ2n) is 2.50. The molecule has 0 fully saturated rings. The third kappa shape index (κ3) is 2.48. The molecule has 0 saturated carbocycles. The molecule has 13 heavy (non-hydrogen) atoms. The minimum absolute atomic E-state index is 0. The van der Waals surface area contributed by atoms with Crippen LogP contribution in [-0.4, -0.2) is 4.98 Å². The van der Waals surface area contributed by atoms with Gasteiger partial charge in [0.2, 0.25) is 0 Å². The molecule has 0 atom stereocenters. The van der Waals surface area contributed by atoms with Crippen LogP contribution in [0.15, 0.2) is 48.7 Å². The van der Waals surface area contributed by atoms with Gasteiger partial charge in [-0.3, -0.25) is 4.98 Å². The Labute approximate surface area is 91.5 Å². The fourth-order valence-corrected chi connectivity index (χ4v) is 1.08. The first-order valence-electron chi connectivity index (χ1n) is 3.85. The smallest absolute Gasteiger partial charge is 0 e. The Morgan fingerprint density at radius 1 is 1.00 bits per heavy atom. The van der Waals surface area contributed by atoms with Gasteiger partial charge >= 0.3 is 0 Å². The molecule has 2 heteroatoms. The second kappa shape index (κ2) is 4.91. The molecule has 1 nitrogen and oxygen atoms in total. The SMILES string of the molecule is [Pd].[c-]1cccnc1-c1ccccc1. The van der Waals surface area contributed by atoms with Crippen molar-refractivity contribution in [3.05, 3.63) is 54.7 Å². The van der Waals surface area contributed by atoms with E-state index in [1.165, 1.54) is 0 Å². The number of hydrogen-bond donors (Lipinski definition) is 0. The van der Waals surface area contributed by atoms with Gasteiger partial charge in [0.15, 0.2) is 0 Å². The number of rotatable bonds is 1. The van der Waals surface area contributed by atoms with E-state index in [2.05, 4.69) is 11.1 Å². The first-order valence-corrected chi connectivity index (χ1v) is 3.85. The molecule has 0 N–H and O–H groups in total. The van der Waals surface area contributed by atoms with Crippen LogP contribution in [-0.2, 0) is 20.4 Å². The molecule has 0 saturated heterocycles. The van der Waals surface area contributed by atoms with Crippen LogP contribution in [0.5, 0.6) is 0 Å². The zero-order valence-corrected chi connectivity index (χ0v) is 8.44. The maximum atomic E-state index is 4.19. The summed E-state index contributed by atoms with van der Waals surface area (Å²) < 4.78 is 0. The monoisotopic (exact) mass is 260 g/mol. The van der Waals surface area contributed by atoms with Crippen molar-refractivity contribution in [2.75, 3.05) is 0 Å². The molecule has 0 aliphatic rings. The fourth-order valence-electron chi connectivity index (χ4n) is 1.08.